The second kappa shape index (κ2) is 58.9. The van der Waals surface area contributed by atoms with Crippen molar-refractivity contribution in [1.29, 1.82) is 0 Å². The summed E-state index contributed by atoms with van der Waals surface area (Å²) >= 11 is 0. The highest BCUT2D eigenvalue weighted by Crippen LogP contribution is 2.24. The molecule has 1 heterocycles. The molecule has 11 heteroatoms. The monoisotopic (exact) mass is 1150 g/mol. The van der Waals surface area contributed by atoms with Crippen LogP contribution in [0, 0.1) is 0 Å². The van der Waals surface area contributed by atoms with E-state index in [1.807, 2.05) is 0 Å². The number of carbonyl (C=O) groups is 1. The van der Waals surface area contributed by atoms with E-state index < -0.39 is 74.2 Å². The highest BCUT2D eigenvalue weighted by Gasteiger charge is 2.44. The van der Waals surface area contributed by atoms with Gasteiger partial charge >= 0.3 is 0 Å². The lowest BCUT2D eigenvalue weighted by Crippen LogP contribution is -2.60. The molecule has 0 spiro atoms. The van der Waals surface area contributed by atoms with Crippen molar-refractivity contribution in [3.05, 3.63) is 24.3 Å². The maximum absolute atomic E-state index is 13.2. The quantitative estimate of drug-likeness (QED) is 0.0215. The lowest BCUT2D eigenvalue weighted by molar-refractivity contribution is -0.303. The summed E-state index contributed by atoms with van der Waals surface area (Å²) in [5.41, 5.74) is 0. The van der Waals surface area contributed by atoms with Gasteiger partial charge < -0.3 is 50.5 Å². The fourth-order valence-corrected chi connectivity index (χ4v) is 11.6. The van der Waals surface area contributed by atoms with Crippen molar-refractivity contribution in [2.75, 3.05) is 13.2 Å². The Morgan fingerprint density at radius 3 is 1.10 bits per heavy atom. The van der Waals surface area contributed by atoms with Gasteiger partial charge in [0.25, 0.3) is 0 Å². The Balaban J connectivity index is 2.23. The average Bonchev–Trinajstić information content (AvgIpc) is 3.49. The first kappa shape index (κ1) is 77.6. The van der Waals surface area contributed by atoms with Crippen molar-refractivity contribution < 1.29 is 50.0 Å². The average molecular weight is 1150 g/mol. The van der Waals surface area contributed by atoms with Gasteiger partial charge in [-0.15, -0.1) is 0 Å². The minimum Gasteiger partial charge on any atom is -0.394 e. The van der Waals surface area contributed by atoms with Gasteiger partial charge in [-0.2, -0.15) is 0 Å². The maximum Gasteiger partial charge on any atom is 0.249 e. The molecule has 1 aliphatic rings. The summed E-state index contributed by atoms with van der Waals surface area (Å²) in [6, 6.07) is -1.19. The molecule has 1 amide bonds. The number of amides is 1. The number of hydrogen-bond acceptors (Lipinski definition) is 10. The molecule has 1 saturated heterocycles. The Labute approximate surface area is 499 Å². The summed E-state index contributed by atoms with van der Waals surface area (Å²) in [7, 11) is 0. The highest BCUT2D eigenvalue weighted by atomic mass is 16.7. The van der Waals surface area contributed by atoms with Crippen molar-refractivity contribution in [3.63, 3.8) is 0 Å². The fourth-order valence-electron chi connectivity index (χ4n) is 11.6. The Bertz CT molecular complexity index is 1370. The molecule has 0 aromatic carbocycles. The molecule has 0 aromatic rings. The fraction of sp³-hybridized carbons (Fsp3) is 0.929. The van der Waals surface area contributed by atoms with Gasteiger partial charge in [0.15, 0.2) is 6.29 Å². The van der Waals surface area contributed by atoms with Gasteiger partial charge in [0.05, 0.1) is 25.4 Å². The van der Waals surface area contributed by atoms with Crippen molar-refractivity contribution in [2.45, 2.75) is 403 Å². The zero-order chi connectivity index (χ0) is 58.9. The van der Waals surface area contributed by atoms with Crippen molar-refractivity contribution in [2.24, 2.45) is 0 Å². The smallest absolute Gasteiger partial charge is 0.249 e. The number of aliphatic hydroxyl groups excluding tert-OH is 7. The summed E-state index contributed by atoms with van der Waals surface area (Å²) in [6.45, 7) is 3.50. The number of aliphatic hydroxyl groups is 7. The molecule has 0 saturated carbocycles. The minimum absolute atomic E-state index is 0.249. The van der Waals surface area contributed by atoms with E-state index in [4.69, 9.17) is 9.47 Å². The van der Waals surface area contributed by atoms with Gasteiger partial charge in [-0.05, 0) is 51.4 Å². The van der Waals surface area contributed by atoms with Crippen LogP contribution < -0.4 is 5.32 Å². The second-order valence-corrected chi connectivity index (χ2v) is 25.0. The van der Waals surface area contributed by atoms with Crippen molar-refractivity contribution in [3.8, 4) is 0 Å². The molecule has 9 atom stereocenters. The summed E-state index contributed by atoms with van der Waals surface area (Å²) in [5.74, 6) is -0.703. The minimum atomic E-state index is -1.67. The lowest BCUT2D eigenvalue weighted by atomic mass is 9.98. The molecule has 480 valence electrons. The van der Waals surface area contributed by atoms with Crippen LogP contribution in [0.3, 0.4) is 0 Å². The van der Waals surface area contributed by atoms with Crippen LogP contribution in [-0.4, -0.2) is 110 Å². The van der Waals surface area contributed by atoms with Crippen LogP contribution in [-0.2, 0) is 14.3 Å². The van der Waals surface area contributed by atoms with Crippen LogP contribution in [0.1, 0.15) is 348 Å². The van der Waals surface area contributed by atoms with Crippen molar-refractivity contribution in [1.82, 2.24) is 5.32 Å². The number of carbonyl (C=O) groups excluding carboxylic acids is 1. The molecule has 0 aromatic heterocycles. The van der Waals surface area contributed by atoms with Gasteiger partial charge in [-0.1, -0.05) is 321 Å². The lowest BCUT2D eigenvalue weighted by Gasteiger charge is -2.40. The molecular formula is C70H135NO10. The molecule has 1 fully saturated rings. The van der Waals surface area contributed by atoms with Crippen LogP contribution in [0.25, 0.3) is 0 Å². The maximum atomic E-state index is 13.2. The molecule has 11 nitrogen and oxygen atoms in total. The van der Waals surface area contributed by atoms with Gasteiger partial charge in [0, 0.05) is 0 Å². The molecular weight excluding hydrogens is 1010 g/mol. The van der Waals surface area contributed by atoms with Crippen LogP contribution in [0.2, 0.25) is 0 Å². The van der Waals surface area contributed by atoms with Gasteiger partial charge in [-0.3, -0.25) is 4.79 Å². The second-order valence-electron chi connectivity index (χ2n) is 25.0. The van der Waals surface area contributed by atoms with Crippen LogP contribution in [0.4, 0.5) is 0 Å². The zero-order valence-corrected chi connectivity index (χ0v) is 53.0. The number of allylic oxidation sites excluding steroid dienone is 4. The molecule has 81 heavy (non-hydrogen) atoms. The van der Waals surface area contributed by atoms with E-state index in [1.165, 1.54) is 263 Å². The number of nitrogens with one attached hydrogen (secondary N) is 1. The Morgan fingerprint density at radius 2 is 0.741 bits per heavy atom. The standard InChI is InChI=1S/C70H135NO10/c1-3-5-7-9-11-13-15-17-19-21-23-25-27-29-31-32-34-35-37-39-41-43-45-47-49-51-53-55-57-62(73)65(75)61(60-80-70-68(78)67(77)66(76)64(59-72)81-70)71-69(79)63(74)58-56-54-52-50-48-46-44-42-40-38-36-33-30-28-26-24-22-20-18-16-14-12-10-8-6-4-2/h41,43,49,51,61-68,70,72-78H,3-40,42,44-48,50,52-60H2,1-2H3,(H,71,79)/b43-41+,51-49+. The first-order valence-electron chi connectivity index (χ1n) is 35.2. The molecule has 0 aliphatic carbocycles. The van der Waals surface area contributed by atoms with Gasteiger partial charge in [0.1, 0.15) is 36.6 Å². The number of unbranched alkanes of at least 4 members (excludes halogenated alkanes) is 46. The third kappa shape index (κ3) is 46.5. The molecule has 0 bridgehead atoms. The van der Waals surface area contributed by atoms with E-state index in [0.29, 0.717) is 19.3 Å². The van der Waals surface area contributed by atoms with Crippen LogP contribution in [0.15, 0.2) is 24.3 Å². The van der Waals surface area contributed by atoms with E-state index in [2.05, 4.69) is 43.5 Å². The molecule has 8 N–H and O–H groups in total. The summed E-state index contributed by atoms with van der Waals surface area (Å²) in [6.07, 6.45) is 62.7. The molecule has 1 rings (SSSR count). The predicted octanol–water partition coefficient (Wildman–Crippen LogP) is 16.8. The van der Waals surface area contributed by atoms with E-state index in [0.717, 1.165) is 38.5 Å². The zero-order valence-electron chi connectivity index (χ0n) is 53.0. The molecule has 9 unspecified atom stereocenters. The SMILES string of the molecule is CCCCCCCCCCCCCCCCCCCCC/C=C/CC/C=C/CCCC(O)C(O)C(COC1OC(CO)C(O)C(O)C1O)NC(=O)C(O)CCCCCCCCCCCCCCCCCCCCCCCCCCCC. The topological polar surface area (TPSA) is 189 Å². The van der Waals surface area contributed by atoms with E-state index >= 15 is 0 Å². The number of hydrogen-bond donors (Lipinski definition) is 8. The summed E-state index contributed by atoms with van der Waals surface area (Å²) in [5, 5.41) is 76.5. The van der Waals surface area contributed by atoms with Crippen molar-refractivity contribution >= 4 is 5.91 Å². The third-order valence-electron chi connectivity index (χ3n) is 17.2. The largest absolute Gasteiger partial charge is 0.394 e. The van der Waals surface area contributed by atoms with Crippen LogP contribution >= 0.6 is 0 Å². The van der Waals surface area contributed by atoms with Gasteiger partial charge in [-0.25, -0.2) is 0 Å². The van der Waals surface area contributed by atoms with E-state index in [-0.39, 0.29) is 12.8 Å². The molecule has 1 aliphatic heterocycles. The summed E-state index contributed by atoms with van der Waals surface area (Å²) < 4.78 is 11.2. The highest BCUT2D eigenvalue weighted by molar-refractivity contribution is 5.80. The first-order valence-corrected chi connectivity index (χ1v) is 35.2. The normalized spacial score (nSPS) is 19.2. The predicted molar refractivity (Wildman–Crippen MR) is 339 cm³/mol. The first-order chi connectivity index (χ1) is 39.7. The number of ether oxygens (including phenoxy) is 2. The summed E-state index contributed by atoms with van der Waals surface area (Å²) in [4.78, 5) is 13.2. The van der Waals surface area contributed by atoms with E-state index in [9.17, 15) is 40.5 Å². The van der Waals surface area contributed by atoms with Gasteiger partial charge in [0.2, 0.25) is 5.91 Å². The Hall–Kier alpha value is -1.41. The Kier molecular flexibility index (Phi) is 56.5. The molecule has 0 radical (unpaired) electrons. The third-order valence-corrected chi connectivity index (χ3v) is 17.2. The van der Waals surface area contributed by atoms with Crippen LogP contribution in [0.5, 0.6) is 0 Å². The Morgan fingerprint density at radius 1 is 0.420 bits per heavy atom. The number of rotatable bonds is 62. The van der Waals surface area contributed by atoms with E-state index in [1.54, 1.807) is 0 Å².